The van der Waals surface area contributed by atoms with Crippen molar-refractivity contribution in [3.8, 4) is 0 Å². The summed E-state index contributed by atoms with van der Waals surface area (Å²) in [5, 5.41) is 4.56. The first-order valence-corrected chi connectivity index (χ1v) is 4.30. The highest BCUT2D eigenvalue weighted by atomic mass is 35.5. The van der Waals surface area contributed by atoms with Gasteiger partial charge in [-0.3, -0.25) is 0 Å². The van der Waals surface area contributed by atoms with Gasteiger partial charge >= 0.3 is 5.97 Å². The minimum Gasteiger partial charge on any atom is -0.464 e. The summed E-state index contributed by atoms with van der Waals surface area (Å²) in [6, 6.07) is 7.19. The average molecular weight is 211 g/mol. The molecule has 72 valence electrons. The number of benzene rings is 1. The van der Waals surface area contributed by atoms with E-state index < -0.39 is 5.97 Å². The first-order chi connectivity index (χ1) is 6.74. The van der Waals surface area contributed by atoms with Gasteiger partial charge in [-0.2, -0.15) is 4.20 Å². The van der Waals surface area contributed by atoms with Gasteiger partial charge < -0.3 is 4.74 Å². The van der Waals surface area contributed by atoms with Crippen LogP contribution in [0.5, 0.6) is 0 Å². The van der Waals surface area contributed by atoms with Crippen molar-refractivity contribution in [2.45, 2.75) is 0 Å². The molecule has 1 heterocycles. The van der Waals surface area contributed by atoms with Crippen LogP contribution in [0, 0.1) is 0 Å². The fourth-order valence-electron chi connectivity index (χ4n) is 1.28. The lowest BCUT2D eigenvalue weighted by atomic mass is 10.2. The monoisotopic (exact) mass is 210 g/mol. The number of esters is 1. The van der Waals surface area contributed by atoms with E-state index in [0.717, 1.165) is 4.20 Å². The van der Waals surface area contributed by atoms with E-state index in [0.29, 0.717) is 10.9 Å². The SMILES string of the molecule is COC(=O)c1nn(Cl)c2ccccc12. The van der Waals surface area contributed by atoms with Crippen molar-refractivity contribution in [1.82, 2.24) is 9.30 Å². The Balaban J connectivity index is 2.72. The molecule has 0 atom stereocenters. The molecule has 0 bridgehead atoms. The Morgan fingerprint density at radius 2 is 2.21 bits per heavy atom. The molecule has 0 saturated carbocycles. The van der Waals surface area contributed by atoms with E-state index in [2.05, 4.69) is 9.84 Å². The maximum absolute atomic E-state index is 11.3. The van der Waals surface area contributed by atoms with E-state index in [1.807, 2.05) is 12.1 Å². The molecule has 0 radical (unpaired) electrons. The predicted octanol–water partition coefficient (Wildman–Crippen LogP) is 1.82. The lowest BCUT2D eigenvalue weighted by Gasteiger charge is -1.92. The van der Waals surface area contributed by atoms with E-state index in [1.54, 1.807) is 12.1 Å². The summed E-state index contributed by atoms with van der Waals surface area (Å²) in [6.45, 7) is 0. The highest BCUT2D eigenvalue weighted by Gasteiger charge is 2.16. The van der Waals surface area contributed by atoms with Crippen molar-refractivity contribution in [2.75, 3.05) is 7.11 Å². The molecule has 14 heavy (non-hydrogen) atoms. The second kappa shape index (κ2) is 3.31. The lowest BCUT2D eigenvalue weighted by Crippen LogP contribution is -2.02. The van der Waals surface area contributed by atoms with Crippen molar-refractivity contribution in [3.05, 3.63) is 30.0 Å². The van der Waals surface area contributed by atoms with Crippen LogP contribution in [0.2, 0.25) is 0 Å². The number of fused-ring (bicyclic) bond motifs is 1. The molecule has 0 aliphatic heterocycles. The fourth-order valence-corrected chi connectivity index (χ4v) is 1.50. The molecule has 0 aliphatic carbocycles. The van der Waals surface area contributed by atoms with Gasteiger partial charge in [-0.1, -0.05) is 18.2 Å². The van der Waals surface area contributed by atoms with Crippen molar-refractivity contribution < 1.29 is 9.53 Å². The second-order valence-electron chi connectivity index (χ2n) is 2.72. The summed E-state index contributed by atoms with van der Waals surface area (Å²) in [5.41, 5.74) is 0.924. The highest BCUT2D eigenvalue weighted by Crippen LogP contribution is 2.19. The van der Waals surface area contributed by atoms with Crippen LogP contribution in [0.4, 0.5) is 0 Å². The van der Waals surface area contributed by atoms with Crippen LogP contribution in [0.3, 0.4) is 0 Å². The average Bonchev–Trinajstić information content (AvgIpc) is 2.56. The third kappa shape index (κ3) is 1.24. The van der Waals surface area contributed by atoms with Gasteiger partial charge in [0.15, 0.2) is 5.69 Å². The van der Waals surface area contributed by atoms with Crippen molar-refractivity contribution >= 4 is 28.6 Å². The van der Waals surface area contributed by atoms with Crippen LogP contribution < -0.4 is 0 Å². The molecule has 0 saturated heterocycles. The number of carbonyl (C=O) groups excluding carboxylic acids is 1. The molecule has 5 heteroatoms. The molecule has 0 spiro atoms. The lowest BCUT2D eigenvalue weighted by molar-refractivity contribution is 0.0596. The summed E-state index contributed by atoms with van der Waals surface area (Å²) in [6.07, 6.45) is 0. The van der Waals surface area contributed by atoms with Gasteiger partial charge in [0.05, 0.1) is 12.6 Å². The number of aromatic nitrogens is 2. The first kappa shape index (κ1) is 9.02. The van der Waals surface area contributed by atoms with Crippen molar-refractivity contribution in [3.63, 3.8) is 0 Å². The molecule has 0 amide bonds. The van der Waals surface area contributed by atoms with Crippen LogP contribution in [-0.4, -0.2) is 22.4 Å². The molecule has 4 nitrogen and oxygen atoms in total. The summed E-state index contributed by atoms with van der Waals surface area (Å²) in [4.78, 5) is 11.3. The Hall–Kier alpha value is -1.55. The van der Waals surface area contributed by atoms with E-state index in [4.69, 9.17) is 11.8 Å². The van der Waals surface area contributed by atoms with Crippen LogP contribution in [-0.2, 0) is 4.74 Å². The van der Waals surface area contributed by atoms with Crippen molar-refractivity contribution in [1.29, 1.82) is 0 Å². The van der Waals surface area contributed by atoms with Crippen molar-refractivity contribution in [2.24, 2.45) is 0 Å². The summed E-state index contributed by atoms with van der Waals surface area (Å²) < 4.78 is 5.72. The molecule has 2 rings (SSSR count). The smallest absolute Gasteiger partial charge is 0.359 e. The van der Waals surface area contributed by atoms with Crippen LogP contribution in [0.15, 0.2) is 24.3 Å². The number of hydrogen-bond donors (Lipinski definition) is 0. The summed E-state index contributed by atoms with van der Waals surface area (Å²) in [7, 11) is 1.31. The van der Waals surface area contributed by atoms with Gasteiger partial charge in [-0.05, 0) is 6.07 Å². The van der Waals surface area contributed by atoms with E-state index in [-0.39, 0.29) is 5.69 Å². The van der Waals surface area contributed by atoms with Gasteiger partial charge in [-0.15, -0.1) is 5.10 Å². The zero-order valence-corrected chi connectivity index (χ0v) is 8.15. The number of nitrogens with zero attached hydrogens (tertiary/aromatic N) is 2. The number of ether oxygens (including phenoxy) is 1. The molecular weight excluding hydrogens is 204 g/mol. The van der Waals surface area contributed by atoms with Gasteiger partial charge in [0.2, 0.25) is 0 Å². The Morgan fingerprint density at radius 3 is 2.93 bits per heavy atom. The molecule has 0 unspecified atom stereocenters. The molecule has 2 aromatic rings. The van der Waals surface area contributed by atoms with Crippen LogP contribution in [0.1, 0.15) is 10.5 Å². The fraction of sp³-hybridized carbons (Fsp3) is 0.111. The second-order valence-corrected chi connectivity index (χ2v) is 3.04. The van der Waals surface area contributed by atoms with Gasteiger partial charge in [0.1, 0.15) is 0 Å². The predicted molar refractivity (Wildman–Crippen MR) is 52.3 cm³/mol. The quantitative estimate of drug-likeness (QED) is 0.675. The third-order valence-corrected chi connectivity index (χ3v) is 2.18. The largest absolute Gasteiger partial charge is 0.464 e. The van der Waals surface area contributed by atoms with E-state index in [1.165, 1.54) is 7.11 Å². The number of halogens is 1. The first-order valence-electron chi connectivity index (χ1n) is 3.96. The molecule has 1 aromatic heterocycles. The number of carbonyl (C=O) groups is 1. The van der Waals surface area contributed by atoms with Gasteiger partial charge in [0.25, 0.3) is 0 Å². The molecule has 1 aromatic carbocycles. The normalized spacial score (nSPS) is 10.4. The van der Waals surface area contributed by atoms with Gasteiger partial charge in [-0.25, -0.2) is 4.79 Å². The molecule has 0 N–H and O–H groups in total. The minimum atomic E-state index is -0.486. The number of rotatable bonds is 1. The van der Waals surface area contributed by atoms with E-state index >= 15 is 0 Å². The Morgan fingerprint density at radius 1 is 1.50 bits per heavy atom. The Kier molecular flexibility index (Phi) is 2.13. The Bertz CT molecular complexity index is 493. The van der Waals surface area contributed by atoms with Gasteiger partial charge in [0, 0.05) is 17.2 Å². The van der Waals surface area contributed by atoms with E-state index in [9.17, 15) is 4.79 Å². The number of hydrogen-bond acceptors (Lipinski definition) is 3. The topological polar surface area (TPSA) is 44.1 Å². The molecular formula is C9H7ClN2O2. The highest BCUT2D eigenvalue weighted by molar-refractivity contribution is 6.19. The summed E-state index contributed by atoms with van der Waals surface area (Å²) >= 11 is 5.78. The maximum atomic E-state index is 11.3. The zero-order valence-electron chi connectivity index (χ0n) is 7.40. The summed E-state index contributed by atoms with van der Waals surface area (Å²) in [5.74, 6) is -0.486. The van der Waals surface area contributed by atoms with Crippen LogP contribution >= 0.6 is 11.8 Å². The Labute approximate surface area is 85.1 Å². The number of methoxy groups -OCH3 is 1. The third-order valence-electron chi connectivity index (χ3n) is 1.92. The standard InChI is InChI=1S/C9H7ClN2O2/c1-14-9(13)8-6-4-2-3-5-7(6)12(10)11-8/h2-5H,1H3. The molecule has 0 aliphatic rings. The van der Waals surface area contributed by atoms with Crippen LogP contribution in [0.25, 0.3) is 10.9 Å². The minimum absolute atomic E-state index is 0.234. The molecule has 0 fully saturated rings. The number of para-hydroxylation sites is 1. The zero-order chi connectivity index (χ0) is 10.1. The maximum Gasteiger partial charge on any atom is 0.359 e.